The Kier molecular flexibility index (Phi) is 5.09. The quantitative estimate of drug-likeness (QED) is 0.873. The topological polar surface area (TPSA) is 52.3 Å². The van der Waals surface area contributed by atoms with E-state index in [4.69, 9.17) is 22.1 Å². The van der Waals surface area contributed by atoms with Gasteiger partial charge in [-0.05, 0) is 37.1 Å². The van der Waals surface area contributed by atoms with E-state index in [1.807, 2.05) is 24.3 Å². The molecule has 1 atom stereocenters. The molecule has 2 N–H and O–H groups in total. The van der Waals surface area contributed by atoms with Gasteiger partial charge in [-0.25, -0.2) is 0 Å². The molecule has 0 aliphatic heterocycles. The van der Waals surface area contributed by atoms with Gasteiger partial charge in [0.1, 0.15) is 5.75 Å². The average molecular weight is 318 g/mol. The summed E-state index contributed by atoms with van der Waals surface area (Å²) in [5, 5.41) is 0.450. The van der Waals surface area contributed by atoms with Crippen LogP contribution in [-0.2, 0) is 16.8 Å². The Morgan fingerprint density at radius 3 is 2.36 bits per heavy atom. The molecule has 3 nitrogen and oxygen atoms in total. The molecule has 0 spiro atoms. The van der Waals surface area contributed by atoms with Crippen LogP contribution in [0.25, 0.3) is 0 Å². The van der Waals surface area contributed by atoms with Gasteiger partial charge in [-0.3, -0.25) is 4.79 Å². The molecule has 0 aliphatic rings. The third kappa shape index (κ3) is 3.42. The first-order valence-corrected chi connectivity index (χ1v) is 7.68. The van der Waals surface area contributed by atoms with Crippen molar-refractivity contribution in [1.82, 2.24) is 0 Å². The van der Waals surface area contributed by atoms with E-state index in [2.05, 4.69) is 6.92 Å². The molecular weight excluding hydrogens is 298 g/mol. The first kappa shape index (κ1) is 16.4. The van der Waals surface area contributed by atoms with E-state index in [1.165, 1.54) is 5.56 Å². The number of hydrogen-bond donors (Lipinski definition) is 1. The molecule has 0 saturated heterocycles. The molecule has 0 radical (unpaired) electrons. The molecule has 1 amide bonds. The molecular formula is C18H20ClNO2. The molecule has 4 heteroatoms. The molecule has 0 aromatic heterocycles. The molecule has 0 bridgehead atoms. The van der Waals surface area contributed by atoms with Crippen molar-refractivity contribution in [3.05, 3.63) is 64.7 Å². The first-order chi connectivity index (χ1) is 10.5. The summed E-state index contributed by atoms with van der Waals surface area (Å²) >= 11 is 6.20. The van der Waals surface area contributed by atoms with Gasteiger partial charge in [0.25, 0.3) is 5.91 Å². The van der Waals surface area contributed by atoms with Crippen molar-refractivity contribution >= 4 is 17.5 Å². The summed E-state index contributed by atoms with van der Waals surface area (Å²) in [5.74, 6) is -0.000641. The molecule has 22 heavy (non-hydrogen) atoms. The fourth-order valence-electron chi connectivity index (χ4n) is 2.33. The van der Waals surface area contributed by atoms with Crippen molar-refractivity contribution in [3.63, 3.8) is 0 Å². The summed E-state index contributed by atoms with van der Waals surface area (Å²) in [6.07, 6.45) is 2.09. The van der Waals surface area contributed by atoms with E-state index in [1.54, 1.807) is 31.2 Å². The van der Waals surface area contributed by atoms with Gasteiger partial charge in [0.2, 0.25) is 5.60 Å². The van der Waals surface area contributed by atoms with Crippen molar-refractivity contribution in [1.29, 1.82) is 0 Å². The summed E-state index contributed by atoms with van der Waals surface area (Å²) in [6, 6.07) is 14.7. The van der Waals surface area contributed by atoms with Gasteiger partial charge in [-0.2, -0.15) is 0 Å². The number of nitrogens with two attached hydrogens (primary N) is 1. The number of carbonyl (C=O) groups is 1. The van der Waals surface area contributed by atoms with Crippen LogP contribution in [-0.4, -0.2) is 5.91 Å². The number of aryl methyl sites for hydroxylation is 1. The van der Waals surface area contributed by atoms with Crippen LogP contribution in [0.5, 0.6) is 5.75 Å². The second-order valence-corrected chi connectivity index (χ2v) is 5.78. The highest BCUT2D eigenvalue weighted by Gasteiger charge is 2.37. The molecule has 0 saturated carbocycles. The fraction of sp³-hybridized carbons (Fsp3) is 0.278. The summed E-state index contributed by atoms with van der Waals surface area (Å²) in [6.45, 7) is 3.77. The van der Waals surface area contributed by atoms with Crippen LogP contribution in [0.1, 0.15) is 31.4 Å². The predicted molar refractivity (Wildman–Crippen MR) is 89.1 cm³/mol. The number of carbonyl (C=O) groups excluding carboxylic acids is 1. The highest BCUT2D eigenvalue weighted by molar-refractivity contribution is 6.31. The van der Waals surface area contributed by atoms with E-state index in [9.17, 15) is 4.79 Å². The molecule has 2 aromatic rings. The maximum atomic E-state index is 12.0. The van der Waals surface area contributed by atoms with Gasteiger partial charge in [0.05, 0.1) is 0 Å². The summed E-state index contributed by atoms with van der Waals surface area (Å²) in [4.78, 5) is 12.0. The zero-order chi connectivity index (χ0) is 16.2. The monoisotopic (exact) mass is 317 g/mol. The van der Waals surface area contributed by atoms with Crippen molar-refractivity contribution in [2.75, 3.05) is 0 Å². The van der Waals surface area contributed by atoms with E-state index >= 15 is 0 Å². The minimum atomic E-state index is -1.31. The van der Waals surface area contributed by atoms with E-state index in [-0.39, 0.29) is 0 Å². The van der Waals surface area contributed by atoms with Gasteiger partial charge in [-0.1, -0.05) is 55.3 Å². The number of hydrogen-bond acceptors (Lipinski definition) is 2. The number of ether oxygens (including phenoxy) is 1. The molecule has 1 unspecified atom stereocenters. The molecule has 2 aromatic carbocycles. The Hall–Kier alpha value is -2.00. The van der Waals surface area contributed by atoms with Gasteiger partial charge in [0.15, 0.2) is 0 Å². The summed E-state index contributed by atoms with van der Waals surface area (Å²) in [7, 11) is 0. The average Bonchev–Trinajstić information content (AvgIpc) is 2.49. The molecule has 0 aliphatic carbocycles. The second kappa shape index (κ2) is 6.84. The molecule has 0 heterocycles. The normalized spacial score (nSPS) is 13.4. The van der Waals surface area contributed by atoms with Gasteiger partial charge in [-0.15, -0.1) is 0 Å². The Labute approximate surface area is 136 Å². The first-order valence-electron chi connectivity index (χ1n) is 7.30. The van der Waals surface area contributed by atoms with Crippen molar-refractivity contribution in [2.45, 2.75) is 32.3 Å². The minimum Gasteiger partial charge on any atom is -0.473 e. The van der Waals surface area contributed by atoms with Gasteiger partial charge in [0, 0.05) is 10.6 Å². The number of rotatable bonds is 6. The van der Waals surface area contributed by atoms with Crippen LogP contribution in [0.3, 0.4) is 0 Å². The number of benzene rings is 2. The number of amides is 1. The number of halogens is 1. The minimum absolute atomic E-state index is 0.450. The zero-order valence-corrected chi connectivity index (χ0v) is 13.6. The third-order valence-electron chi connectivity index (χ3n) is 3.64. The SMILES string of the molecule is CCCc1ccc(OC(C)(C(N)=O)c2ccccc2Cl)cc1. The fourth-order valence-corrected chi connectivity index (χ4v) is 2.65. The Morgan fingerprint density at radius 2 is 1.82 bits per heavy atom. The van der Waals surface area contributed by atoms with Crippen LogP contribution in [0.15, 0.2) is 48.5 Å². The van der Waals surface area contributed by atoms with Crippen LogP contribution < -0.4 is 10.5 Å². The zero-order valence-electron chi connectivity index (χ0n) is 12.8. The second-order valence-electron chi connectivity index (χ2n) is 5.37. The van der Waals surface area contributed by atoms with E-state index in [0.29, 0.717) is 16.3 Å². The van der Waals surface area contributed by atoms with Crippen LogP contribution in [0.4, 0.5) is 0 Å². The Balaban J connectivity index is 2.33. The molecule has 2 rings (SSSR count). The van der Waals surface area contributed by atoms with Crippen molar-refractivity contribution < 1.29 is 9.53 Å². The summed E-state index contributed by atoms with van der Waals surface area (Å²) < 4.78 is 5.90. The lowest BCUT2D eigenvalue weighted by molar-refractivity contribution is -0.132. The smallest absolute Gasteiger partial charge is 0.266 e. The van der Waals surface area contributed by atoms with Crippen molar-refractivity contribution in [3.8, 4) is 5.75 Å². The van der Waals surface area contributed by atoms with E-state index < -0.39 is 11.5 Å². The van der Waals surface area contributed by atoms with Gasteiger partial charge >= 0.3 is 0 Å². The van der Waals surface area contributed by atoms with E-state index in [0.717, 1.165) is 12.8 Å². The largest absolute Gasteiger partial charge is 0.473 e. The number of primary amides is 1. The van der Waals surface area contributed by atoms with Crippen molar-refractivity contribution in [2.24, 2.45) is 5.73 Å². The maximum Gasteiger partial charge on any atom is 0.266 e. The highest BCUT2D eigenvalue weighted by Crippen LogP contribution is 2.32. The molecule has 0 fully saturated rings. The van der Waals surface area contributed by atoms with Gasteiger partial charge < -0.3 is 10.5 Å². The highest BCUT2D eigenvalue weighted by atomic mass is 35.5. The molecule has 116 valence electrons. The Morgan fingerprint density at radius 1 is 1.18 bits per heavy atom. The van der Waals surface area contributed by atoms with Crippen LogP contribution in [0.2, 0.25) is 5.02 Å². The lowest BCUT2D eigenvalue weighted by Crippen LogP contribution is -2.43. The van der Waals surface area contributed by atoms with Crippen LogP contribution >= 0.6 is 11.6 Å². The predicted octanol–water partition coefficient (Wildman–Crippen LogP) is 4.07. The maximum absolute atomic E-state index is 12.0. The van der Waals surface area contributed by atoms with Crippen LogP contribution in [0, 0.1) is 0 Å². The Bertz CT molecular complexity index is 654. The standard InChI is InChI=1S/C18H20ClNO2/c1-3-6-13-9-11-14(12-10-13)22-18(2,17(20)21)15-7-4-5-8-16(15)19/h4-5,7-12H,3,6H2,1-2H3,(H2,20,21). The summed E-state index contributed by atoms with van der Waals surface area (Å²) in [5.41, 5.74) is 6.05. The lowest BCUT2D eigenvalue weighted by atomic mass is 9.94. The lowest BCUT2D eigenvalue weighted by Gasteiger charge is -2.28. The third-order valence-corrected chi connectivity index (χ3v) is 3.97.